The highest BCUT2D eigenvalue weighted by Gasteiger charge is 2.85. The van der Waals surface area contributed by atoms with Crippen LogP contribution in [0.3, 0.4) is 0 Å². The SMILES string of the molecule is C=C[C@@H]1C[C@]1(NC(=O)[C@@H]1C[C@@]2(CN1C(=O)C(NC(=O)C(NC(=O)[C@@H]1CCCCN1C(C)C)C1CCCCC1)C1CCCC1)C(C)(C)C21CCC1)C(=O)NS(=O)(=O)N1CCCC1. The van der Waals surface area contributed by atoms with Crippen molar-refractivity contribution in [3.63, 3.8) is 0 Å². The van der Waals surface area contributed by atoms with E-state index >= 15 is 4.79 Å². The second kappa shape index (κ2) is 16.8. The molecule has 3 aliphatic heterocycles. The molecule has 2 unspecified atom stereocenters. The van der Waals surface area contributed by atoms with E-state index in [0.717, 1.165) is 103 Å². The summed E-state index contributed by atoms with van der Waals surface area (Å²) in [6.45, 7) is 14.5. The summed E-state index contributed by atoms with van der Waals surface area (Å²) in [5, 5.41) is 9.51. The van der Waals surface area contributed by atoms with Gasteiger partial charge in [0.25, 0.3) is 5.91 Å². The lowest BCUT2D eigenvalue weighted by Crippen LogP contribution is -2.62. The minimum Gasteiger partial charge on any atom is -0.343 e. The highest BCUT2D eigenvalue weighted by molar-refractivity contribution is 7.87. The predicted octanol–water partition coefficient (Wildman–Crippen LogP) is 4.30. The van der Waals surface area contributed by atoms with Gasteiger partial charge in [0.05, 0.1) is 6.04 Å². The van der Waals surface area contributed by atoms with Gasteiger partial charge in [0, 0.05) is 37.0 Å². The second-order valence-corrected chi connectivity index (χ2v) is 22.8. The minimum absolute atomic E-state index is 0.00110. The number of fused-ring (bicyclic) bond motifs is 1. The monoisotopic (exact) mass is 868 g/mol. The van der Waals surface area contributed by atoms with Crippen molar-refractivity contribution in [1.29, 1.82) is 0 Å². The van der Waals surface area contributed by atoms with E-state index in [1.54, 1.807) is 11.0 Å². The number of piperidine rings is 1. The van der Waals surface area contributed by atoms with Crippen LogP contribution in [-0.4, -0.2) is 114 Å². The molecule has 3 heterocycles. The van der Waals surface area contributed by atoms with Crippen molar-refractivity contribution in [3.8, 4) is 0 Å². The molecule has 8 rings (SSSR count). The zero-order valence-electron chi connectivity index (χ0n) is 37.3. The van der Waals surface area contributed by atoms with Gasteiger partial charge in [0.1, 0.15) is 23.7 Å². The molecule has 3 saturated heterocycles. The summed E-state index contributed by atoms with van der Waals surface area (Å²) in [6, 6.07) is -2.68. The molecule has 5 aliphatic carbocycles. The normalized spacial score (nSPS) is 33.5. The zero-order chi connectivity index (χ0) is 43.5. The summed E-state index contributed by atoms with van der Waals surface area (Å²) >= 11 is 0. The fourth-order valence-corrected chi connectivity index (χ4v) is 14.9. The standard InChI is InChI=1S/C46H73N7O7S/c1-6-33-27-46(33,42(58)50-61(59,60)51-24-14-15-25-51)49-39(55)35-28-45(43(4,5)44(45)22-16-23-44)29-53(35)41(57)37(32-19-10-11-20-32)48-40(56)36(31-17-8-7-9-18-31)47-38(54)34-21-12-13-26-52(34)30(2)3/h6,30-37H,1,7-29H2,2-5H3,(H,47,54)(H,48,56)(H,49,55)(H,50,58)/t33-,34+,35+,36?,37?,45-,46-/m1/s1. The largest absolute Gasteiger partial charge is 0.343 e. The molecule has 5 amide bonds. The van der Waals surface area contributed by atoms with Gasteiger partial charge in [-0.15, -0.1) is 6.58 Å². The van der Waals surface area contributed by atoms with E-state index < -0.39 is 51.6 Å². The van der Waals surface area contributed by atoms with Gasteiger partial charge in [-0.3, -0.25) is 28.9 Å². The molecular weight excluding hydrogens is 795 g/mol. The summed E-state index contributed by atoms with van der Waals surface area (Å²) in [7, 11) is -4.10. The third-order valence-electron chi connectivity index (χ3n) is 17.7. The fourth-order valence-electron chi connectivity index (χ4n) is 13.7. The maximum atomic E-state index is 15.4. The number of rotatable bonds is 14. The molecule has 61 heavy (non-hydrogen) atoms. The quantitative estimate of drug-likeness (QED) is 0.187. The van der Waals surface area contributed by atoms with Crippen molar-refractivity contribution in [3.05, 3.63) is 12.7 Å². The van der Waals surface area contributed by atoms with Crippen LogP contribution in [0.25, 0.3) is 0 Å². The van der Waals surface area contributed by atoms with Crippen molar-refractivity contribution in [2.75, 3.05) is 26.2 Å². The van der Waals surface area contributed by atoms with Crippen LogP contribution in [0, 0.1) is 34.0 Å². The number of likely N-dealkylation sites (tertiary alicyclic amines) is 2. The lowest BCUT2D eigenvalue weighted by Gasteiger charge is -2.39. The van der Waals surface area contributed by atoms with Crippen LogP contribution in [-0.2, 0) is 34.2 Å². The number of nitrogens with zero attached hydrogens (tertiary/aromatic N) is 3. The van der Waals surface area contributed by atoms with Crippen molar-refractivity contribution in [2.24, 2.45) is 34.0 Å². The van der Waals surface area contributed by atoms with Crippen molar-refractivity contribution in [2.45, 2.75) is 185 Å². The molecule has 0 radical (unpaired) electrons. The smallest absolute Gasteiger partial charge is 0.303 e. The van der Waals surface area contributed by atoms with Crippen LogP contribution in [0.2, 0.25) is 0 Å². The maximum absolute atomic E-state index is 15.4. The Morgan fingerprint density at radius 3 is 1.89 bits per heavy atom. The Kier molecular flexibility index (Phi) is 12.3. The summed E-state index contributed by atoms with van der Waals surface area (Å²) in [5.74, 6) is -2.64. The lowest BCUT2D eigenvalue weighted by molar-refractivity contribution is -0.144. The van der Waals surface area contributed by atoms with E-state index in [1.165, 1.54) is 4.31 Å². The molecular formula is C46H73N7O7S. The summed E-state index contributed by atoms with van der Waals surface area (Å²) in [4.78, 5) is 77.1. The van der Waals surface area contributed by atoms with E-state index in [4.69, 9.17) is 0 Å². The Balaban J connectivity index is 1.06. The molecule has 4 N–H and O–H groups in total. The number of nitrogens with one attached hydrogen (secondary N) is 4. The molecule has 0 aromatic rings. The number of hydrogen-bond acceptors (Lipinski definition) is 8. The summed E-state index contributed by atoms with van der Waals surface area (Å²) in [5.41, 5.74) is -1.94. The molecule has 0 bridgehead atoms. The minimum atomic E-state index is -4.10. The van der Waals surface area contributed by atoms with Crippen molar-refractivity contribution < 1.29 is 32.4 Å². The lowest BCUT2D eigenvalue weighted by atomic mass is 9.73. The zero-order valence-corrected chi connectivity index (χ0v) is 38.1. The average molecular weight is 868 g/mol. The molecule has 15 heteroatoms. The van der Waals surface area contributed by atoms with E-state index in [1.807, 2.05) is 0 Å². The highest BCUT2D eigenvalue weighted by atomic mass is 32.2. The topological polar surface area (TPSA) is 177 Å². The van der Waals surface area contributed by atoms with E-state index in [0.29, 0.717) is 38.9 Å². The molecule has 8 fully saturated rings. The van der Waals surface area contributed by atoms with Gasteiger partial charge in [-0.05, 0) is 120 Å². The molecule has 7 atom stereocenters. The van der Waals surface area contributed by atoms with Crippen molar-refractivity contribution >= 4 is 39.7 Å². The first-order chi connectivity index (χ1) is 29.0. The van der Waals surface area contributed by atoms with Crippen molar-refractivity contribution in [1.82, 2.24) is 34.8 Å². The number of hydrogen-bond donors (Lipinski definition) is 4. The Hall–Kier alpha value is -3.04. The highest BCUT2D eigenvalue weighted by Crippen LogP contribution is 2.88. The summed E-state index contributed by atoms with van der Waals surface area (Å²) < 4.78 is 30.0. The van der Waals surface area contributed by atoms with Crippen LogP contribution in [0.1, 0.15) is 150 Å². The third-order valence-corrected chi connectivity index (χ3v) is 19.2. The Bertz CT molecular complexity index is 1850. The molecule has 14 nitrogen and oxygen atoms in total. The number of carbonyl (C=O) groups is 5. The van der Waals surface area contributed by atoms with Gasteiger partial charge in [-0.2, -0.15) is 12.7 Å². The first kappa shape index (κ1) is 44.6. The average Bonchev–Trinajstić information content (AvgIpc) is 3.65. The molecule has 0 aromatic carbocycles. The number of amides is 5. The van der Waals surface area contributed by atoms with Gasteiger partial charge in [0.15, 0.2) is 0 Å². The first-order valence-electron chi connectivity index (χ1n) is 24.0. The molecule has 8 aliphatic rings. The van der Waals surface area contributed by atoms with E-state index in [-0.39, 0.29) is 64.3 Å². The van der Waals surface area contributed by atoms with Gasteiger partial charge >= 0.3 is 10.2 Å². The van der Waals surface area contributed by atoms with E-state index in [2.05, 4.69) is 59.8 Å². The Morgan fingerprint density at radius 2 is 1.31 bits per heavy atom. The van der Waals surface area contributed by atoms with E-state index in [9.17, 15) is 27.6 Å². The third kappa shape index (κ3) is 7.65. The fraction of sp³-hybridized carbons (Fsp3) is 0.848. The predicted molar refractivity (Wildman–Crippen MR) is 232 cm³/mol. The van der Waals surface area contributed by atoms with Gasteiger partial charge in [-0.1, -0.05) is 64.9 Å². The maximum Gasteiger partial charge on any atom is 0.303 e. The summed E-state index contributed by atoms with van der Waals surface area (Å²) in [6.07, 6.45) is 17.7. The first-order valence-corrected chi connectivity index (χ1v) is 25.4. The van der Waals surface area contributed by atoms with Gasteiger partial charge < -0.3 is 20.9 Å². The molecule has 340 valence electrons. The van der Waals surface area contributed by atoms with Crippen LogP contribution in [0.4, 0.5) is 0 Å². The molecule has 2 spiro atoms. The van der Waals surface area contributed by atoms with Gasteiger partial charge in [0.2, 0.25) is 23.6 Å². The van der Waals surface area contributed by atoms with Crippen LogP contribution < -0.4 is 20.7 Å². The molecule has 5 saturated carbocycles. The molecule has 0 aromatic heterocycles. The number of carbonyl (C=O) groups excluding carboxylic acids is 5. The van der Waals surface area contributed by atoms with Crippen LogP contribution in [0.5, 0.6) is 0 Å². The van der Waals surface area contributed by atoms with Crippen LogP contribution >= 0.6 is 0 Å². The van der Waals surface area contributed by atoms with Crippen LogP contribution in [0.15, 0.2) is 12.7 Å². The Morgan fingerprint density at radius 1 is 0.705 bits per heavy atom. The Labute approximate surface area is 364 Å². The second-order valence-electron chi connectivity index (χ2n) is 21.1. The van der Waals surface area contributed by atoms with Gasteiger partial charge in [-0.25, -0.2) is 4.72 Å².